The van der Waals surface area contributed by atoms with E-state index in [1.807, 2.05) is 42.5 Å². The zero-order chi connectivity index (χ0) is 20.5. The first kappa shape index (κ1) is 19.2. The summed E-state index contributed by atoms with van der Waals surface area (Å²) in [5.74, 6) is -0.133. The van der Waals surface area contributed by atoms with Gasteiger partial charge in [-0.25, -0.2) is 9.78 Å². The maximum absolute atomic E-state index is 13.0. The van der Waals surface area contributed by atoms with E-state index < -0.39 is 6.09 Å². The molecule has 4 rings (SSSR count). The molecule has 0 aliphatic carbocycles. The van der Waals surface area contributed by atoms with Crippen LogP contribution in [0.3, 0.4) is 0 Å². The van der Waals surface area contributed by atoms with Crippen LogP contribution in [0.5, 0.6) is 0 Å². The van der Waals surface area contributed by atoms with Gasteiger partial charge in [0.1, 0.15) is 0 Å². The third-order valence-corrected chi connectivity index (χ3v) is 5.55. The van der Waals surface area contributed by atoms with E-state index in [2.05, 4.69) is 0 Å². The molecule has 1 aliphatic rings. The lowest BCUT2D eigenvalue weighted by Gasteiger charge is -2.38. The highest BCUT2D eigenvalue weighted by atomic mass is 35.5. The number of pyridine rings is 1. The van der Waals surface area contributed by atoms with Crippen molar-refractivity contribution in [2.45, 2.75) is 13.0 Å². The Morgan fingerprint density at radius 3 is 2.55 bits per heavy atom. The van der Waals surface area contributed by atoms with Gasteiger partial charge in [0.15, 0.2) is 0 Å². The summed E-state index contributed by atoms with van der Waals surface area (Å²) in [6, 6.07) is 16.6. The Kier molecular flexibility index (Phi) is 5.11. The zero-order valence-electron chi connectivity index (χ0n) is 15.9. The lowest BCUT2D eigenvalue weighted by Crippen LogP contribution is -2.55. The fraction of sp³-hybridized carbons (Fsp3) is 0.227. The van der Waals surface area contributed by atoms with E-state index in [4.69, 9.17) is 16.6 Å². The number of amides is 2. The Morgan fingerprint density at radius 2 is 1.86 bits per heavy atom. The van der Waals surface area contributed by atoms with Gasteiger partial charge in [0.25, 0.3) is 5.91 Å². The largest absolute Gasteiger partial charge is 0.465 e. The molecular formula is C22H20ClN3O3. The number of halogens is 1. The molecule has 1 N–H and O–H groups in total. The van der Waals surface area contributed by atoms with Crippen molar-refractivity contribution in [1.29, 1.82) is 0 Å². The van der Waals surface area contributed by atoms with Crippen molar-refractivity contribution in [3.63, 3.8) is 0 Å². The first-order valence-corrected chi connectivity index (χ1v) is 9.76. The molecule has 0 saturated carbocycles. The standard InChI is InChI=1S/C22H20ClN3O3/c1-14-13-25(9-10-26(14)22(28)29)21(27)16-7-8-17-18(23)12-19(24-20(17)11-16)15-5-3-2-4-6-15/h2-8,11-12,14H,9-10,13H2,1H3,(H,28,29). The molecule has 1 unspecified atom stereocenters. The Bertz CT molecular complexity index is 1090. The summed E-state index contributed by atoms with van der Waals surface area (Å²) >= 11 is 6.46. The SMILES string of the molecule is CC1CN(C(=O)c2ccc3c(Cl)cc(-c4ccccc4)nc3c2)CCN1C(=O)O. The second kappa shape index (κ2) is 7.72. The number of rotatable bonds is 2. The molecular weight excluding hydrogens is 390 g/mol. The van der Waals surface area contributed by atoms with Gasteiger partial charge < -0.3 is 14.9 Å². The molecule has 1 aliphatic heterocycles. The number of hydrogen-bond acceptors (Lipinski definition) is 3. The summed E-state index contributed by atoms with van der Waals surface area (Å²) in [7, 11) is 0. The van der Waals surface area contributed by atoms with Crippen molar-refractivity contribution in [2.24, 2.45) is 0 Å². The van der Waals surface area contributed by atoms with Crippen molar-refractivity contribution < 1.29 is 14.7 Å². The van der Waals surface area contributed by atoms with Crippen LogP contribution in [0, 0.1) is 0 Å². The van der Waals surface area contributed by atoms with Gasteiger partial charge in [-0.1, -0.05) is 48.0 Å². The average Bonchev–Trinajstić information content (AvgIpc) is 2.73. The Labute approximate surface area is 173 Å². The topological polar surface area (TPSA) is 73.7 Å². The van der Waals surface area contributed by atoms with Gasteiger partial charge in [0.2, 0.25) is 0 Å². The van der Waals surface area contributed by atoms with Crippen molar-refractivity contribution in [3.05, 3.63) is 65.2 Å². The van der Waals surface area contributed by atoms with E-state index in [0.29, 0.717) is 35.7 Å². The first-order chi connectivity index (χ1) is 13.9. The third-order valence-electron chi connectivity index (χ3n) is 5.24. The minimum Gasteiger partial charge on any atom is -0.465 e. The first-order valence-electron chi connectivity index (χ1n) is 9.38. The maximum Gasteiger partial charge on any atom is 0.407 e. The molecule has 0 bridgehead atoms. The number of carbonyl (C=O) groups is 2. The van der Waals surface area contributed by atoms with E-state index in [0.717, 1.165) is 16.6 Å². The minimum atomic E-state index is -0.956. The second-order valence-corrected chi connectivity index (χ2v) is 7.57. The van der Waals surface area contributed by atoms with Gasteiger partial charge in [-0.3, -0.25) is 4.79 Å². The minimum absolute atomic E-state index is 0.133. The predicted octanol–water partition coefficient (Wildman–Crippen LogP) is 4.38. The monoisotopic (exact) mass is 409 g/mol. The molecule has 2 aromatic carbocycles. The number of aromatic nitrogens is 1. The number of piperazine rings is 1. The van der Waals surface area contributed by atoms with Crippen LogP contribution in [-0.4, -0.2) is 57.6 Å². The number of carboxylic acid groups (broad SMARTS) is 1. The van der Waals surface area contributed by atoms with Crippen LogP contribution in [0.2, 0.25) is 5.02 Å². The van der Waals surface area contributed by atoms with Gasteiger partial charge in [0.05, 0.1) is 16.2 Å². The highest BCUT2D eigenvalue weighted by molar-refractivity contribution is 6.35. The van der Waals surface area contributed by atoms with E-state index in [1.165, 1.54) is 4.90 Å². The molecule has 7 heteroatoms. The van der Waals surface area contributed by atoms with Gasteiger partial charge in [0, 0.05) is 42.2 Å². The van der Waals surface area contributed by atoms with Crippen LogP contribution in [0.4, 0.5) is 4.79 Å². The zero-order valence-corrected chi connectivity index (χ0v) is 16.6. The lowest BCUT2D eigenvalue weighted by molar-refractivity contribution is 0.0507. The molecule has 1 fully saturated rings. The Hall–Kier alpha value is -3.12. The van der Waals surface area contributed by atoms with Gasteiger partial charge in [-0.15, -0.1) is 0 Å². The number of benzene rings is 2. The molecule has 148 valence electrons. The fourth-order valence-corrected chi connectivity index (χ4v) is 3.95. The summed E-state index contributed by atoms with van der Waals surface area (Å²) in [6.07, 6.45) is -0.956. The number of fused-ring (bicyclic) bond motifs is 1. The van der Waals surface area contributed by atoms with Crippen LogP contribution in [-0.2, 0) is 0 Å². The van der Waals surface area contributed by atoms with Crippen LogP contribution >= 0.6 is 11.6 Å². The Morgan fingerprint density at radius 1 is 1.10 bits per heavy atom. The smallest absolute Gasteiger partial charge is 0.407 e. The summed E-state index contributed by atoms with van der Waals surface area (Å²) in [5.41, 5.74) is 2.87. The van der Waals surface area contributed by atoms with E-state index in [9.17, 15) is 14.7 Å². The molecule has 2 heterocycles. The molecule has 1 saturated heterocycles. The summed E-state index contributed by atoms with van der Waals surface area (Å²) in [4.78, 5) is 32.0. The second-order valence-electron chi connectivity index (χ2n) is 7.16. The highest BCUT2D eigenvalue weighted by Crippen LogP contribution is 2.29. The molecule has 6 nitrogen and oxygen atoms in total. The molecule has 29 heavy (non-hydrogen) atoms. The van der Waals surface area contributed by atoms with Crippen molar-refractivity contribution in [3.8, 4) is 11.3 Å². The summed E-state index contributed by atoms with van der Waals surface area (Å²) in [5, 5.41) is 10.6. The normalized spacial score (nSPS) is 16.8. The average molecular weight is 410 g/mol. The molecule has 3 aromatic rings. The fourth-order valence-electron chi connectivity index (χ4n) is 3.68. The van der Waals surface area contributed by atoms with E-state index in [-0.39, 0.29) is 11.9 Å². The number of hydrogen-bond donors (Lipinski definition) is 1. The quantitative estimate of drug-likeness (QED) is 0.681. The van der Waals surface area contributed by atoms with E-state index in [1.54, 1.807) is 24.0 Å². The van der Waals surface area contributed by atoms with Gasteiger partial charge >= 0.3 is 6.09 Å². The predicted molar refractivity (Wildman–Crippen MR) is 112 cm³/mol. The molecule has 1 aromatic heterocycles. The van der Waals surface area contributed by atoms with Crippen molar-refractivity contribution in [2.75, 3.05) is 19.6 Å². The van der Waals surface area contributed by atoms with Gasteiger partial charge in [-0.05, 0) is 25.1 Å². The lowest BCUT2D eigenvalue weighted by atomic mass is 10.1. The molecule has 0 spiro atoms. The van der Waals surface area contributed by atoms with Crippen LogP contribution in [0.25, 0.3) is 22.2 Å². The number of carbonyl (C=O) groups excluding carboxylic acids is 1. The van der Waals surface area contributed by atoms with Crippen molar-refractivity contribution >= 4 is 34.5 Å². The van der Waals surface area contributed by atoms with Crippen LogP contribution < -0.4 is 0 Å². The van der Waals surface area contributed by atoms with Gasteiger partial charge in [-0.2, -0.15) is 0 Å². The molecule has 1 atom stereocenters. The summed E-state index contributed by atoms with van der Waals surface area (Å²) in [6.45, 7) is 2.84. The third kappa shape index (κ3) is 3.76. The van der Waals surface area contributed by atoms with Crippen LogP contribution in [0.15, 0.2) is 54.6 Å². The van der Waals surface area contributed by atoms with E-state index >= 15 is 0 Å². The van der Waals surface area contributed by atoms with Crippen LogP contribution in [0.1, 0.15) is 17.3 Å². The number of nitrogens with zero attached hydrogens (tertiary/aromatic N) is 3. The molecule has 2 amide bonds. The highest BCUT2D eigenvalue weighted by Gasteiger charge is 2.30. The molecule has 0 radical (unpaired) electrons. The maximum atomic E-state index is 13.0. The summed E-state index contributed by atoms with van der Waals surface area (Å²) < 4.78 is 0. The van der Waals surface area contributed by atoms with Crippen molar-refractivity contribution in [1.82, 2.24) is 14.8 Å². The Balaban J connectivity index is 1.65.